The predicted molar refractivity (Wildman–Crippen MR) is 78.2 cm³/mol. The van der Waals surface area contributed by atoms with Crippen LogP contribution in [0.15, 0.2) is 60.8 Å². The van der Waals surface area contributed by atoms with Crippen molar-refractivity contribution in [2.24, 2.45) is 0 Å². The number of phenols is 1. The molecule has 0 fully saturated rings. The van der Waals surface area contributed by atoms with Gasteiger partial charge in [-0.05, 0) is 48.5 Å². The lowest BCUT2D eigenvalue weighted by Gasteiger charge is -2.01. The Morgan fingerprint density at radius 1 is 1.10 bits per heavy atom. The SMILES string of the molecule is COc1ccc(C(=O)/C=C\Nc2ccc(O)cc2)cc1. The van der Waals surface area contributed by atoms with Crippen LogP contribution in [-0.4, -0.2) is 18.0 Å². The number of benzene rings is 2. The largest absolute Gasteiger partial charge is 0.508 e. The molecule has 0 aromatic heterocycles. The average Bonchev–Trinajstić information content (AvgIpc) is 2.49. The molecular weight excluding hydrogens is 254 g/mol. The van der Waals surface area contributed by atoms with Crippen LogP contribution in [-0.2, 0) is 0 Å². The van der Waals surface area contributed by atoms with Crippen molar-refractivity contribution in [1.29, 1.82) is 0 Å². The van der Waals surface area contributed by atoms with E-state index in [1.807, 2.05) is 0 Å². The number of nitrogens with one attached hydrogen (secondary N) is 1. The summed E-state index contributed by atoms with van der Waals surface area (Å²) < 4.78 is 5.04. The second kappa shape index (κ2) is 6.43. The van der Waals surface area contributed by atoms with Crippen molar-refractivity contribution in [3.63, 3.8) is 0 Å². The highest BCUT2D eigenvalue weighted by molar-refractivity contribution is 6.04. The Bertz CT molecular complexity index is 601. The predicted octanol–water partition coefficient (Wildman–Crippen LogP) is 3.21. The number of carbonyl (C=O) groups excluding carboxylic acids is 1. The Morgan fingerprint density at radius 3 is 2.35 bits per heavy atom. The summed E-state index contributed by atoms with van der Waals surface area (Å²) >= 11 is 0. The van der Waals surface area contributed by atoms with Crippen molar-refractivity contribution in [2.75, 3.05) is 12.4 Å². The Kier molecular flexibility index (Phi) is 4.39. The number of ether oxygens (including phenoxy) is 1. The van der Waals surface area contributed by atoms with E-state index in [0.717, 1.165) is 5.69 Å². The minimum Gasteiger partial charge on any atom is -0.508 e. The van der Waals surface area contributed by atoms with Crippen LogP contribution in [0.25, 0.3) is 0 Å². The van der Waals surface area contributed by atoms with E-state index in [1.165, 1.54) is 6.08 Å². The van der Waals surface area contributed by atoms with Gasteiger partial charge in [-0.25, -0.2) is 0 Å². The van der Waals surface area contributed by atoms with Crippen LogP contribution in [0.3, 0.4) is 0 Å². The monoisotopic (exact) mass is 269 g/mol. The number of ketones is 1. The lowest BCUT2D eigenvalue weighted by atomic mass is 10.1. The summed E-state index contributed by atoms with van der Waals surface area (Å²) in [6.45, 7) is 0. The van der Waals surface area contributed by atoms with Gasteiger partial charge in [0.2, 0.25) is 0 Å². The van der Waals surface area contributed by atoms with Gasteiger partial charge in [-0.1, -0.05) is 0 Å². The molecule has 0 spiro atoms. The minimum atomic E-state index is -0.0982. The maximum Gasteiger partial charge on any atom is 0.187 e. The third-order valence-electron chi connectivity index (χ3n) is 2.73. The van der Waals surface area contributed by atoms with E-state index in [1.54, 1.807) is 61.8 Å². The summed E-state index contributed by atoms with van der Waals surface area (Å²) in [5.41, 5.74) is 1.39. The summed E-state index contributed by atoms with van der Waals surface area (Å²) in [5, 5.41) is 12.1. The van der Waals surface area contributed by atoms with Crippen molar-refractivity contribution in [3.8, 4) is 11.5 Å². The Morgan fingerprint density at radius 2 is 1.75 bits per heavy atom. The van der Waals surface area contributed by atoms with E-state index >= 15 is 0 Å². The first-order chi connectivity index (χ1) is 9.69. The van der Waals surface area contributed by atoms with Crippen LogP contribution in [0, 0.1) is 0 Å². The summed E-state index contributed by atoms with van der Waals surface area (Å²) in [6, 6.07) is 13.5. The highest BCUT2D eigenvalue weighted by atomic mass is 16.5. The zero-order valence-electron chi connectivity index (χ0n) is 11.0. The Hall–Kier alpha value is -2.75. The van der Waals surface area contributed by atoms with Gasteiger partial charge in [-0.15, -0.1) is 0 Å². The van der Waals surface area contributed by atoms with Crippen molar-refractivity contribution < 1.29 is 14.6 Å². The molecule has 2 aromatic carbocycles. The third kappa shape index (κ3) is 3.62. The molecule has 2 aromatic rings. The highest BCUT2D eigenvalue weighted by Gasteiger charge is 2.01. The zero-order valence-corrected chi connectivity index (χ0v) is 11.0. The average molecular weight is 269 g/mol. The number of carbonyl (C=O) groups is 1. The number of hydrogen-bond acceptors (Lipinski definition) is 4. The zero-order chi connectivity index (χ0) is 14.4. The second-order valence-electron chi connectivity index (χ2n) is 4.12. The quantitative estimate of drug-likeness (QED) is 0.497. The number of hydrogen-bond donors (Lipinski definition) is 2. The van der Waals surface area contributed by atoms with E-state index in [2.05, 4.69) is 5.32 Å². The molecule has 0 aliphatic heterocycles. The molecule has 102 valence electrons. The first-order valence-corrected chi connectivity index (χ1v) is 6.09. The van der Waals surface area contributed by atoms with Gasteiger partial charge in [0, 0.05) is 23.5 Å². The first kappa shape index (κ1) is 13.7. The van der Waals surface area contributed by atoms with Gasteiger partial charge in [0.15, 0.2) is 5.78 Å². The molecular formula is C16H15NO3. The minimum absolute atomic E-state index is 0.0982. The maximum atomic E-state index is 11.9. The molecule has 2 N–H and O–H groups in total. The van der Waals surface area contributed by atoms with Crippen molar-refractivity contribution in [1.82, 2.24) is 0 Å². The van der Waals surface area contributed by atoms with Gasteiger partial charge < -0.3 is 15.2 Å². The van der Waals surface area contributed by atoms with Gasteiger partial charge >= 0.3 is 0 Å². The van der Waals surface area contributed by atoms with Crippen molar-refractivity contribution in [2.45, 2.75) is 0 Å². The standard InChI is InChI=1S/C16H15NO3/c1-20-15-8-2-12(3-9-15)16(19)10-11-17-13-4-6-14(18)7-5-13/h2-11,17-18H,1H3/b11-10-. The molecule has 4 nitrogen and oxygen atoms in total. The van der Waals surface area contributed by atoms with Crippen LogP contribution < -0.4 is 10.1 Å². The number of methoxy groups -OCH3 is 1. The molecule has 2 rings (SSSR count). The van der Waals surface area contributed by atoms with Crippen LogP contribution in [0.4, 0.5) is 5.69 Å². The molecule has 0 radical (unpaired) electrons. The van der Waals surface area contributed by atoms with E-state index in [9.17, 15) is 4.79 Å². The third-order valence-corrected chi connectivity index (χ3v) is 2.73. The summed E-state index contributed by atoms with van der Waals surface area (Å²) in [4.78, 5) is 11.9. The van der Waals surface area contributed by atoms with Gasteiger partial charge in [-0.3, -0.25) is 4.79 Å². The molecule has 0 saturated carbocycles. The van der Waals surface area contributed by atoms with E-state index in [0.29, 0.717) is 11.3 Å². The molecule has 4 heteroatoms. The highest BCUT2D eigenvalue weighted by Crippen LogP contribution is 2.14. The Labute approximate surface area is 117 Å². The lowest BCUT2D eigenvalue weighted by Crippen LogP contribution is -1.96. The molecule has 20 heavy (non-hydrogen) atoms. The first-order valence-electron chi connectivity index (χ1n) is 6.09. The van der Waals surface area contributed by atoms with E-state index in [4.69, 9.17) is 9.84 Å². The number of phenolic OH excluding ortho intramolecular Hbond substituents is 1. The molecule has 0 atom stereocenters. The van der Waals surface area contributed by atoms with Crippen LogP contribution in [0.1, 0.15) is 10.4 Å². The summed E-state index contributed by atoms with van der Waals surface area (Å²) in [5.74, 6) is 0.820. The number of aromatic hydroxyl groups is 1. The fourth-order valence-corrected chi connectivity index (χ4v) is 1.62. The molecule has 0 saturated heterocycles. The van der Waals surface area contributed by atoms with Gasteiger partial charge in [0.1, 0.15) is 11.5 Å². The summed E-state index contributed by atoms with van der Waals surface area (Å²) in [7, 11) is 1.58. The molecule has 0 amide bonds. The molecule has 0 bridgehead atoms. The number of anilines is 1. The fraction of sp³-hybridized carbons (Fsp3) is 0.0625. The van der Waals surface area contributed by atoms with E-state index in [-0.39, 0.29) is 11.5 Å². The Balaban J connectivity index is 1.96. The normalized spacial score (nSPS) is 10.4. The molecule has 0 unspecified atom stereocenters. The van der Waals surface area contributed by atoms with Crippen molar-refractivity contribution >= 4 is 11.5 Å². The van der Waals surface area contributed by atoms with Crippen LogP contribution in [0.5, 0.6) is 11.5 Å². The van der Waals surface area contributed by atoms with Gasteiger partial charge in [-0.2, -0.15) is 0 Å². The smallest absolute Gasteiger partial charge is 0.187 e. The molecule has 0 aliphatic rings. The topological polar surface area (TPSA) is 58.6 Å². The van der Waals surface area contributed by atoms with Crippen LogP contribution >= 0.6 is 0 Å². The van der Waals surface area contributed by atoms with Gasteiger partial charge in [0.05, 0.1) is 7.11 Å². The fourth-order valence-electron chi connectivity index (χ4n) is 1.62. The lowest BCUT2D eigenvalue weighted by molar-refractivity contribution is 0.104. The summed E-state index contributed by atoms with van der Waals surface area (Å²) in [6.07, 6.45) is 3.02. The second-order valence-corrected chi connectivity index (χ2v) is 4.12. The number of allylic oxidation sites excluding steroid dienone is 1. The van der Waals surface area contributed by atoms with E-state index < -0.39 is 0 Å². The number of rotatable bonds is 5. The molecule has 0 aliphatic carbocycles. The van der Waals surface area contributed by atoms with Crippen LogP contribution in [0.2, 0.25) is 0 Å². The van der Waals surface area contributed by atoms with Gasteiger partial charge in [0.25, 0.3) is 0 Å². The maximum absolute atomic E-state index is 11.9. The van der Waals surface area contributed by atoms with Crippen molar-refractivity contribution in [3.05, 3.63) is 66.4 Å². The molecule has 0 heterocycles.